The van der Waals surface area contributed by atoms with Crippen molar-refractivity contribution in [2.75, 3.05) is 0 Å². The van der Waals surface area contributed by atoms with Gasteiger partial charge in [0.1, 0.15) is 0 Å². The molecule has 0 bridgehead atoms. The Morgan fingerprint density at radius 3 is 2.88 bits per heavy atom. The number of hydrogen-bond acceptors (Lipinski definition) is 3. The van der Waals surface area contributed by atoms with Gasteiger partial charge < -0.3 is 4.98 Å². The molecule has 2 rings (SSSR count). The summed E-state index contributed by atoms with van der Waals surface area (Å²) >= 11 is 5.81. The molecular formula is C9H9ClN2O3S. The van der Waals surface area contributed by atoms with Crippen molar-refractivity contribution in [3.8, 4) is 0 Å². The Morgan fingerprint density at radius 1 is 1.44 bits per heavy atom. The van der Waals surface area contributed by atoms with E-state index in [0.29, 0.717) is 10.6 Å². The van der Waals surface area contributed by atoms with E-state index in [9.17, 15) is 8.42 Å². The number of aromatic nitrogens is 1. The average molecular weight is 261 g/mol. The van der Waals surface area contributed by atoms with Crippen LogP contribution in [0.3, 0.4) is 0 Å². The van der Waals surface area contributed by atoms with Gasteiger partial charge in [-0.2, -0.15) is 8.42 Å². The Kier molecular flexibility index (Phi) is 2.90. The summed E-state index contributed by atoms with van der Waals surface area (Å²) in [7, 11) is -3.92. The van der Waals surface area contributed by atoms with E-state index < -0.39 is 10.3 Å². The third-order valence-corrected chi connectivity index (χ3v) is 2.79. The number of halogens is 1. The number of aromatic amines is 1. The lowest BCUT2D eigenvalue weighted by Crippen LogP contribution is -2.15. The predicted octanol–water partition coefficient (Wildman–Crippen LogP) is 1.54. The second-order valence-corrected chi connectivity index (χ2v) is 4.92. The van der Waals surface area contributed by atoms with Crippen LogP contribution >= 0.6 is 11.6 Å². The molecule has 0 saturated heterocycles. The van der Waals surface area contributed by atoms with Crippen molar-refractivity contribution in [3.05, 3.63) is 35.0 Å². The van der Waals surface area contributed by atoms with Crippen molar-refractivity contribution in [2.24, 2.45) is 5.14 Å². The molecule has 3 N–H and O–H groups in total. The van der Waals surface area contributed by atoms with Gasteiger partial charge in [0.05, 0.1) is 6.61 Å². The van der Waals surface area contributed by atoms with Crippen LogP contribution in [-0.4, -0.2) is 13.4 Å². The molecule has 0 aliphatic heterocycles. The fourth-order valence-corrected chi connectivity index (χ4v) is 1.89. The van der Waals surface area contributed by atoms with Crippen molar-refractivity contribution in [2.45, 2.75) is 6.61 Å². The lowest BCUT2D eigenvalue weighted by molar-refractivity contribution is 0.310. The quantitative estimate of drug-likeness (QED) is 0.878. The monoisotopic (exact) mass is 260 g/mol. The molecular weight excluding hydrogens is 252 g/mol. The van der Waals surface area contributed by atoms with E-state index in [1.54, 1.807) is 24.4 Å². The van der Waals surface area contributed by atoms with Gasteiger partial charge in [0, 0.05) is 27.7 Å². The number of hydrogen-bond donors (Lipinski definition) is 2. The topological polar surface area (TPSA) is 85.2 Å². The van der Waals surface area contributed by atoms with E-state index in [4.69, 9.17) is 16.7 Å². The summed E-state index contributed by atoms with van der Waals surface area (Å²) in [5.41, 5.74) is 1.53. The molecule has 0 atom stereocenters. The summed E-state index contributed by atoms with van der Waals surface area (Å²) in [6.45, 7) is -0.0968. The first kappa shape index (κ1) is 11.4. The Hall–Kier alpha value is -1.08. The summed E-state index contributed by atoms with van der Waals surface area (Å²) in [5, 5.41) is 6.20. The third-order valence-electron chi connectivity index (χ3n) is 2.11. The molecule has 0 aliphatic rings. The highest BCUT2D eigenvalue weighted by Crippen LogP contribution is 2.22. The number of rotatable bonds is 3. The van der Waals surface area contributed by atoms with Crippen molar-refractivity contribution in [1.82, 2.24) is 4.98 Å². The van der Waals surface area contributed by atoms with Gasteiger partial charge in [0.15, 0.2) is 0 Å². The minimum Gasteiger partial charge on any atom is -0.361 e. The Balaban J connectivity index is 2.32. The lowest BCUT2D eigenvalue weighted by atomic mass is 10.2. The number of benzene rings is 1. The normalized spacial score (nSPS) is 12.1. The molecule has 2 aromatic rings. The maximum atomic E-state index is 10.6. The van der Waals surface area contributed by atoms with Crippen LogP contribution < -0.4 is 5.14 Å². The van der Waals surface area contributed by atoms with E-state index in [-0.39, 0.29) is 6.61 Å². The first-order chi connectivity index (χ1) is 7.46. The number of nitrogens with one attached hydrogen (secondary N) is 1. The van der Waals surface area contributed by atoms with Crippen LogP contribution in [0, 0.1) is 0 Å². The van der Waals surface area contributed by atoms with Crippen LogP contribution in [0.2, 0.25) is 5.02 Å². The molecule has 0 unspecified atom stereocenters. The van der Waals surface area contributed by atoms with E-state index >= 15 is 0 Å². The van der Waals surface area contributed by atoms with Crippen LogP contribution in [0.1, 0.15) is 5.56 Å². The summed E-state index contributed by atoms with van der Waals surface area (Å²) in [6, 6.07) is 5.26. The van der Waals surface area contributed by atoms with Gasteiger partial charge in [-0.3, -0.25) is 4.18 Å². The van der Waals surface area contributed by atoms with Crippen molar-refractivity contribution in [3.63, 3.8) is 0 Å². The van der Waals surface area contributed by atoms with Gasteiger partial charge in [0.2, 0.25) is 0 Å². The van der Waals surface area contributed by atoms with Gasteiger partial charge in [-0.15, -0.1) is 0 Å². The van der Waals surface area contributed by atoms with Gasteiger partial charge in [-0.1, -0.05) is 17.7 Å². The number of nitrogens with two attached hydrogens (primary N) is 1. The largest absolute Gasteiger partial charge is 0.361 e. The number of fused-ring (bicyclic) bond motifs is 1. The van der Waals surface area contributed by atoms with Crippen LogP contribution in [0.25, 0.3) is 10.9 Å². The van der Waals surface area contributed by atoms with Crippen LogP contribution in [0.15, 0.2) is 24.4 Å². The van der Waals surface area contributed by atoms with Gasteiger partial charge >= 0.3 is 10.3 Å². The first-order valence-corrected chi connectivity index (χ1v) is 6.23. The highest BCUT2D eigenvalue weighted by atomic mass is 35.5. The van der Waals surface area contributed by atoms with Crippen LogP contribution in [-0.2, 0) is 21.1 Å². The zero-order valence-electron chi connectivity index (χ0n) is 8.10. The first-order valence-electron chi connectivity index (χ1n) is 4.38. The average Bonchev–Trinajstić information content (AvgIpc) is 2.56. The van der Waals surface area contributed by atoms with E-state index in [2.05, 4.69) is 9.17 Å². The minimum absolute atomic E-state index is 0.0968. The van der Waals surface area contributed by atoms with Crippen molar-refractivity contribution >= 4 is 32.8 Å². The summed E-state index contributed by atoms with van der Waals surface area (Å²) < 4.78 is 25.8. The molecule has 0 fully saturated rings. The molecule has 0 aliphatic carbocycles. The van der Waals surface area contributed by atoms with Gasteiger partial charge in [-0.25, -0.2) is 5.14 Å². The standard InChI is InChI=1S/C9H9ClN2O3S/c10-7-1-2-8-6(4-12-9(8)3-7)5-15-16(11,13)14/h1-4,12H,5H2,(H2,11,13,14). The van der Waals surface area contributed by atoms with E-state index in [1.807, 2.05) is 0 Å². The molecule has 1 heterocycles. The molecule has 0 spiro atoms. The molecule has 1 aromatic heterocycles. The van der Waals surface area contributed by atoms with Gasteiger partial charge in [-0.05, 0) is 12.1 Å². The third kappa shape index (κ3) is 2.53. The molecule has 0 radical (unpaired) electrons. The fraction of sp³-hybridized carbons (Fsp3) is 0.111. The second-order valence-electron chi connectivity index (χ2n) is 3.26. The smallest absolute Gasteiger partial charge is 0.333 e. The zero-order valence-corrected chi connectivity index (χ0v) is 9.68. The molecule has 5 nitrogen and oxygen atoms in total. The summed E-state index contributed by atoms with van der Waals surface area (Å²) in [6.07, 6.45) is 1.66. The maximum Gasteiger partial charge on any atom is 0.333 e. The molecule has 0 saturated carbocycles. The zero-order chi connectivity index (χ0) is 11.8. The van der Waals surface area contributed by atoms with Crippen LogP contribution in [0.4, 0.5) is 0 Å². The number of H-pyrrole nitrogens is 1. The van der Waals surface area contributed by atoms with E-state index in [1.165, 1.54) is 0 Å². The Labute approximate surface area is 97.4 Å². The highest BCUT2D eigenvalue weighted by molar-refractivity contribution is 7.84. The SMILES string of the molecule is NS(=O)(=O)OCc1c[nH]c2cc(Cl)ccc12. The Morgan fingerprint density at radius 2 is 2.19 bits per heavy atom. The minimum atomic E-state index is -3.92. The molecule has 16 heavy (non-hydrogen) atoms. The summed E-state index contributed by atoms with van der Waals surface area (Å²) in [4.78, 5) is 2.97. The fourth-order valence-electron chi connectivity index (χ4n) is 1.42. The lowest BCUT2D eigenvalue weighted by Gasteiger charge is -1.99. The predicted molar refractivity (Wildman–Crippen MR) is 61.2 cm³/mol. The molecule has 1 aromatic carbocycles. The molecule has 7 heteroatoms. The highest BCUT2D eigenvalue weighted by Gasteiger charge is 2.08. The van der Waals surface area contributed by atoms with Crippen molar-refractivity contribution < 1.29 is 12.6 Å². The van der Waals surface area contributed by atoms with E-state index in [0.717, 1.165) is 10.9 Å². The molecule has 86 valence electrons. The molecule has 0 amide bonds. The Bertz CT molecular complexity index is 621. The summed E-state index contributed by atoms with van der Waals surface area (Å²) in [5.74, 6) is 0. The maximum absolute atomic E-state index is 10.6. The second kappa shape index (κ2) is 4.06. The van der Waals surface area contributed by atoms with Crippen LogP contribution in [0.5, 0.6) is 0 Å². The van der Waals surface area contributed by atoms with Gasteiger partial charge in [0.25, 0.3) is 0 Å². The van der Waals surface area contributed by atoms with Crippen molar-refractivity contribution in [1.29, 1.82) is 0 Å².